The van der Waals surface area contributed by atoms with Gasteiger partial charge in [0, 0.05) is 0 Å². The van der Waals surface area contributed by atoms with Crippen LogP contribution in [-0.2, 0) is 0 Å². The molecule has 0 aromatic heterocycles. The highest BCUT2D eigenvalue weighted by atomic mass is 19.4. The zero-order chi connectivity index (χ0) is 28.8. The molecule has 0 heterocycles. The predicted molar refractivity (Wildman–Crippen MR) is 158 cm³/mol. The third kappa shape index (κ3) is 6.57. The number of halogens is 3. The summed E-state index contributed by atoms with van der Waals surface area (Å²) in [6.45, 7) is 11.9. The van der Waals surface area contributed by atoms with Gasteiger partial charge in [0.2, 0.25) is 0 Å². The van der Waals surface area contributed by atoms with Crippen molar-refractivity contribution in [2.24, 2.45) is 82.9 Å². The zero-order valence-corrected chi connectivity index (χ0v) is 25.8. The Balaban J connectivity index is 1.22. The first-order valence-corrected chi connectivity index (χ1v) is 17.0. The smallest absolute Gasteiger partial charge is 0.389 e. The summed E-state index contributed by atoms with van der Waals surface area (Å²) in [5.74, 6) is 5.23. The second-order valence-corrected chi connectivity index (χ2v) is 15.7. The molecule has 5 rings (SSSR count). The minimum Gasteiger partial charge on any atom is -0.389 e. The third-order valence-corrected chi connectivity index (χ3v) is 13.1. The van der Waals surface area contributed by atoms with E-state index < -0.39 is 18.2 Å². The fourth-order valence-corrected chi connectivity index (χ4v) is 10.6. The molecule has 4 saturated carbocycles. The van der Waals surface area contributed by atoms with Crippen LogP contribution < -0.4 is 0 Å². The molecule has 0 radical (unpaired) electrons. The average Bonchev–Trinajstić information content (AvgIpc) is 3.50. The molecular weight excluding hydrogens is 505 g/mol. The summed E-state index contributed by atoms with van der Waals surface area (Å²) in [6.07, 6.45) is 14.8. The first kappa shape index (κ1) is 30.7. The maximum atomic E-state index is 14.2. The summed E-state index contributed by atoms with van der Waals surface area (Å²) in [7, 11) is 0. The lowest BCUT2D eigenvalue weighted by atomic mass is 9.57. The molecule has 0 bridgehead atoms. The van der Waals surface area contributed by atoms with Crippen molar-refractivity contribution >= 4 is 0 Å². The summed E-state index contributed by atoms with van der Waals surface area (Å²) >= 11 is 0. The predicted octanol–water partition coefficient (Wildman–Crippen LogP) is 10.1. The van der Waals surface area contributed by atoms with E-state index >= 15 is 0 Å². The van der Waals surface area contributed by atoms with Gasteiger partial charge >= 0.3 is 6.18 Å². The first-order valence-electron chi connectivity index (χ1n) is 17.0. The second-order valence-electron chi connectivity index (χ2n) is 15.7. The largest absolute Gasteiger partial charge is 0.392 e. The van der Waals surface area contributed by atoms with Crippen molar-refractivity contribution in [2.45, 2.75) is 118 Å². The number of alkyl halides is 3. The highest BCUT2D eigenvalue weighted by Gasteiger charge is 2.49. The molecule has 4 heteroatoms. The normalized spacial score (nSPS) is 48.9. The van der Waals surface area contributed by atoms with Crippen molar-refractivity contribution < 1.29 is 18.3 Å². The fraction of sp³-hybridized carbons (Fsp3) is 0.889. The van der Waals surface area contributed by atoms with Crippen molar-refractivity contribution in [1.82, 2.24) is 0 Å². The van der Waals surface area contributed by atoms with Crippen LogP contribution in [-0.4, -0.2) is 17.4 Å². The van der Waals surface area contributed by atoms with Gasteiger partial charge in [-0.3, -0.25) is 0 Å². The number of fused-ring (bicyclic) bond motifs is 1. The Bertz CT molecular complexity index is 893. The van der Waals surface area contributed by atoms with Gasteiger partial charge in [0.1, 0.15) is 0 Å². The van der Waals surface area contributed by atoms with Crippen molar-refractivity contribution in [3.63, 3.8) is 0 Å². The zero-order valence-electron chi connectivity index (χ0n) is 25.8. The quantitative estimate of drug-likeness (QED) is 0.319. The van der Waals surface area contributed by atoms with Crippen LogP contribution in [0.1, 0.15) is 105 Å². The van der Waals surface area contributed by atoms with Crippen LogP contribution in [0.15, 0.2) is 24.3 Å². The maximum absolute atomic E-state index is 14.2. The van der Waals surface area contributed by atoms with Crippen LogP contribution in [0.2, 0.25) is 0 Å². The molecule has 40 heavy (non-hydrogen) atoms. The number of rotatable bonds is 6. The Morgan fingerprint density at radius 1 is 0.825 bits per heavy atom. The van der Waals surface area contributed by atoms with Gasteiger partial charge in [-0.2, -0.15) is 13.2 Å². The van der Waals surface area contributed by atoms with E-state index in [4.69, 9.17) is 0 Å². The maximum Gasteiger partial charge on any atom is 0.392 e. The van der Waals surface area contributed by atoms with E-state index in [0.29, 0.717) is 47.8 Å². The number of allylic oxidation sites excluding steroid dienone is 3. The summed E-state index contributed by atoms with van der Waals surface area (Å²) in [6, 6.07) is 0. The topological polar surface area (TPSA) is 20.2 Å². The molecule has 5 aliphatic rings. The van der Waals surface area contributed by atoms with Gasteiger partial charge < -0.3 is 5.11 Å². The number of hydrogen-bond acceptors (Lipinski definition) is 1. The Labute approximate surface area is 242 Å². The summed E-state index contributed by atoms with van der Waals surface area (Å²) < 4.78 is 42.5. The molecule has 15 unspecified atom stereocenters. The number of aliphatic hydroxyl groups is 1. The molecule has 0 saturated heterocycles. The van der Waals surface area contributed by atoms with Gasteiger partial charge in [0.15, 0.2) is 0 Å². The van der Waals surface area contributed by atoms with E-state index in [2.05, 4.69) is 46.8 Å². The third-order valence-electron chi connectivity index (χ3n) is 13.1. The van der Waals surface area contributed by atoms with Crippen LogP contribution in [0.25, 0.3) is 0 Å². The Hall–Kier alpha value is -0.770. The minimum atomic E-state index is -4.12. The van der Waals surface area contributed by atoms with Gasteiger partial charge in [-0.15, -0.1) is 0 Å². The molecular formula is C36H57F3O. The standard InChI is InChI=1S/C36H57F3O/c1-21-6-9-27(16-21)18-28-12-10-26(19-33(28)36(37,38)39)11-15-34(40)29-17-24(4)25(5)32(20-29)31-14-7-22(2)30-13-8-23(3)35(30)31/h7,11,14-15,21-35,40H,6,8-10,12-13,16-20H2,1-5H3. The van der Waals surface area contributed by atoms with E-state index in [1.54, 1.807) is 0 Å². The van der Waals surface area contributed by atoms with E-state index in [-0.39, 0.29) is 24.2 Å². The second kappa shape index (κ2) is 12.5. The monoisotopic (exact) mass is 562 g/mol. The van der Waals surface area contributed by atoms with Crippen LogP contribution in [0, 0.1) is 82.9 Å². The Morgan fingerprint density at radius 2 is 1.60 bits per heavy atom. The Kier molecular flexibility index (Phi) is 9.55. The van der Waals surface area contributed by atoms with Crippen molar-refractivity contribution in [1.29, 1.82) is 0 Å². The van der Waals surface area contributed by atoms with Crippen LogP contribution in [0.3, 0.4) is 0 Å². The highest BCUT2D eigenvalue weighted by Crippen LogP contribution is 2.55. The van der Waals surface area contributed by atoms with E-state index in [9.17, 15) is 18.3 Å². The van der Waals surface area contributed by atoms with Gasteiger partial charge in [-0.1, -0.05) is 78.2 Å². The van der Waals surface area contributed by atoms with Crippen molar-refractivity contribution in [2.75, 3.05) is 0 Å². The summed E-state index contributed by atoms with van der Waals surface area (Å²) in [5.41, 5.74) is 0. The fourth-order valence-electron chi connectivity index (χ4n) is 10.6. The average molecular weight is 563 g/mol. The van der Waals surface area contributed by atoms with Gasteiger partial charge in [0.25, 0.3) is 0 Å². The lowest BCUT2D eigenvalue weighted by molar-refractivity contribution is -0.200. The Morgan fingerprint density at radius 3 is 2.30 bits per heavy atom. The van der Waals surface area contributed by atoms with Gasteiger partial charge in [-0.05, 0) is 128 Å². The SMILES string of the molecule is CC1CCC(CC2CCC(C=CC(O)C3CC(C)C(C)C(C4C=CC(C)C5CCC(C)C45)C3)CC2C(F)(F)F)C1. The molecule has 1 nitrogen and oxygen atoms in total. The molecule has 4 fully saturated rings. The molecule has 5 aliphatic carbocycles. The first-order chi connectivity index (χ1) is 18.9. The van der Waals surface area contributed by atoms with Crippen molar-refractivity contribution in [3.8, 4) is 0 Å². The molecule has 228 valence electrons. The molecule has 15 atom stereocenters. The molecule has 0 amide bonds. The molecule has 0 aromatic rings. The van der Waals surface area contributed by atoms with Gasteiger partial charge in [0.05, 0.1) is 12.0 Å². The minimum absolute atomic E-state index is 0.0707. The molecule has 0 spiro atoms. The molecule has 0 aromatic carbocycles. The number of hydrogen-bond donors (Lipinski definition) is 1. The van der Waals surface area contributed by atoms with Gasteiger partial charge in [-0.25, -0.2) is 0 Å². The highest BCUT2D eigenvalue weighted by molar-refractivity contribution is 5.11. The lowest BCUT2D eigenvalue weighted by Gasteiger charge is -2.48. The summed E-state index contributed by atoms with van der Waals surface area (Å²) in [4.78, 5) is 0. The van der Waals surface area contributed by atoms with Crippen LogP contribution >= 0.6 is 0 Å². The number of aliphatic hydroxyl groups excluding tert-OH is 1. The molecule has 0 aliphatic heterocycles. The van der Waals surface area contributed by atoms with Crippen molar-refractivity contribution in [3.05, 3.63) is 24.3 Å². The van der Waals surface area contributed by atoms with E-state index in [1.807, 2.05) is 12.2 Å². The van der Waals surface area contributed by atoms with E-state index in [0.717, 1.165) is 56.3 Å². The lowest BCUT2D eigenvalue weighted by Crippen LogP contribution is -2.42. The van der Waals surface area contributed by atoms with Crippen LogP contribution in [0.4, 0.5) is 13.2 Å². The summed E-state index contributed by atoms with van der Waals surface area (Å²) in [5, 5.41) is 11.4. The van der Waals surface area contributed by atoms with E-state index in [1.165, 1.54) is 19.3 Å². The molecule has 1 N–H and O–H groups in total. The van der Waals surface area contributed by atoms with Crippen LogP contribution in [0.5, 0.6) is 0 Å².